The van der Waals surface area contributed by atoms with E-state index in [1.54, 1.807) is 0 Å². The summed E-state index contributed by atoms with van der Waals surface area (Å²) in [5.41, 5.74) is 5.58. The van der Waals surface area contributed by atoms with Gasteiger partial charge in [0.05, 0.1) is 7.11 Å². The smallest absolute Gasteiger partial charge is 0.389 e. The summed E-state index contributed by atoms with van der Waals surface area (Å²) < 4.78 is 54.2. The first kappa shape index (κ1) is 13.8. The van der Waals surface area contributed by atoms with E-state index in [0.717, 1.165) is 6.07 Å². The molecule has 0 bridgehead atoms. The fraction of sp³-hybridized carbons (Fsp3) is 0.455. The summed E-state index contributed by atoms with van der Waals surface area (Å²) in [6.45, 7) is 0. The summed E-state index contributed by atoms with van der Waals surface area (Å²) in [5, 5.41) is 0. The van der Waals surface area contributed by atoms with Crippen LogP contribution in [0, 0.1) is 5.82 Å². The molecule has 1 aromatic rings. The Balaban J connectivity index is 2.72. The molecule has 2 N–H and O–H groups in total. The van der Waals surface area contributed by atoms with Crippen molar-refractivity contribution in [3.05, 3.63) is 29.6 Å². The van der Waals surface area contributed by atoms with E-state index >= 15 is 0 Å². The molecule has 0 amide bonds. The minimum absolute atomic E-state index is 0.0649. The number of benzene rings is 1. The molecule has 0 radical (unpaired) electrons. The van der Waals surface area contributed by atoms with Crippen molar-refractivity contribution in [2.24, 2.45) is 5.73 Å². The van der Waals surface area contributed by atoms with Crippen LogP contribution in [0.25, 0.3) is 0 Å². The first-order valence-electron chi connectivity index (χ1n) is 4.99. The third kappa shape index (κ3) is 4.22. The Bertz CT molecular complexity index is 378. The Morgan fingerprint density at radius 3 is 2.47 bits per heavy atom. The Kier molecular flexibility index (Phi) is 4.34. The second-order valence-electron chi connectivity index (χ2n) is 3.65. The quantitative estimate of drug-likeness (QED) is 0.834. The van der Waals surface area contributed by atoms with Crippen LogP contribution in [0.5, 0.6) is 5.75 Å². The molecule has 0 fully saturated rings. The number of alkyl halides is 3. The third-order valence-corrected chi connectivity index (χ3v) is 2.35. The monoisotopic (exact) mass is 251 g/mol. The number of hydrogen-bond donors (Lipinski definition) is 1. The lowest BCUT2D eigenvalue weighted by Gasteiger charge is -2.14. The SMILES string of the molecule is COc1ccc([C@@H](N)CCC(F)(F)F)c(F)c1. The van der Waals surface area contributed by atoms with Crippen LogP contribution in [-0.2, 0) is 0 Å². The zero-order valence-electron chi connectivity index (χ0n) is 9.22. The van der Waals surface area contributed by atoms with Crippen LogP contribution in [-0.4, -0.2) is 13.3 Å². The second-order valence-corrected chi connectivity index (χ2v) is 3.65. The standard InChI is InChI=1S/C11H13F4NO/c1-17-7-2-3-8(9(12)6-7)10(16)4-5-11(13,14)15/h2-3,6,10H,4-5,16H2,1H3/t10-/m0/s1. The molecule has 2 nitrogen and oxygen atoms in total. The molecule has 17 heavy (non-hydrogen) atoms. The maximum Gasteiger partial charge on any atom is 0.389 e. The summed E-state index contributed by atoms with van der Waals surface area (Å²) in [4.78, 5) is 0. The number of hydrogen-bond acceptors (Lipinski definition) is 2. The van der Waals surface area contributed by atoms with Crippen molar-refractivity contribution < 1.29 is 22.3 Å². The molecule has 0 aromatic heterocycles. The predicted molar refractivity (Wildman–Crippen MR) is 55.2 cm³/mol. The van der Waals surface area contributed by atoms with Crippen molar-refractivity contribution >= 4 is 0 Å². The zero-order chi connectivity index (χ0) is 13.1. The highest BCUT2D eigenvalue weighted by Crippen LogP contribution is 2.28. The van der Waals surface area contributed by atoms with E-state index in [0.29, 0.717) is 5.75 Å². The van der Waals surface area contributed by atoms with Crippen molar-refractivity contribution in [1.82, 2.24) is 0 Å². The highest BCUT2D eigenvalue weighted by atomic mass is 19.4. The molecule has 0 saturated carbocycles. The first-order chi connectivity index (χ1) is 7.83. The molecule has 0 saturated heterocycles. The van der Waals surface area contributed by atoms with Gasteiger partial charge in [0.25, 0.3) is 0 Å². The van der Waals surface area contributed by atoms with Crippen LogP contribution in [0.1, 0.15) is 24.4 Å². The van der Waals surface area contributed by atoms with Gasteiger partial charge in [-0.05, 0) is 12.5 Å². The van der Waals surface area contributed by atoms with Crippen molar-refractivity contribution in [3.8, 4) is 5.75 Å². The highest BCUT2D eigenvalue weighted by Gasteiger charge is 2.28. The largest absolute Gasteiger partial charge is 0.497 e. The van der Waals surface area contributed by atoms with Crippen LogP contribution in [0.3, 0.4) is 0 Å². The number of ether oxygens (including phenoxy) is 1. The normalized spacial score (nSPS) is 13.5. The van der Waals surface area contributed by atoms with Crippen LogP contribution in [0.2, 0.25) is 0 Å². The number of nitrogens with two attached hydrogens (primary N) is 1. The molecule has 0 aliphatic rings. The molecular weight excluding hydrogens is 238 g/mol. The van der Waals surface area contributed by atoms with E-state index in [9.17, 15) is 17.6 Å². The average molecular weight is 251 g/mol. The number of rotatable bonds is 4. The molecule has 96 valence electrons. The average Bonchev–Trinajstić information content (AvgIpc) is 2.24. The van der Waals surface area contributed by atoms with Crippen LogP contribution in [0.4, 0.5) is 17.6 Å². The molecule has 1 aromatic carbocycles. The van der Waals surface area contributed by atoms with Gasteiger partial charge in [0.2, 0.25) is 0 Å². The Morgan fingerprint density at radius 1 is 1.35 bits per heavy atom. The van der Waals surface area contributed by atoms with Crippen LogP contribution < -0.4 is 10.5 Å². The molecule has 1 rings (SSSR count). The van der Waals surface area contributed by atoms with Crippen LogP contribution in [0.15, 0.2) is 18.2 Å². The van der Waals surface area contributed by atoms with Gasteiger partial charge in [-0.25, -0.2) is 4.39 Å². The van der Waals surface area contributed by atoms with Gasteiger partial charge >= 0.3 is 6.18 Å². The maximum absolute atomic E-state index is 13.5. The molecular formula is C11H13F4NO. The fourth-order valence-electron chi connectivity index (χ4n) is 1.41. The van der Waals surface area contributed by atoms with E-state index in [1.807, 2.05) is 0 Å². The van der Waals surface area contributed by atoms with Gasteiger partial charge in [-0.3, -0.25) is 0 Å². The lowest BCUT2D eigenvalue weighted by atomic mass is 10.0. The highest BCUT2D eigenvalue weighted by molar-refractivity contribution is 5.30. The fourth-order valence-corrected chi connectivity index (χ4v) is 1.41. The lowest BCUT2D eigenvalue weighted by molar-refractivity contribution is -0.136. The van der Waals surface area contributed by atoms with Gasteiger partial charge in [-0.1, -0.05) is 6.07 Å². The minimum Gasteiger partial charge on any atom is -0.497 e. The van der Waals surface area contributed by atoms with E-state index in [2.05, 4.69) is 0 Å². The van der Waals surface area contributed by atoms with Crippen LogP contribution >= 0.6 is 0 Å². The van der Waals surface area contributed by atoms with Gasteiger partial charge in [0.1, 0.15) is 11.6 Å². The third-order valence-electron chi connectivity index (χ3n) is 2.35. The van der Waals surface area contributed by atoms with Crippen molar-refractivity contribution in [1.29, 1.82) is 0 Å². The second kappa shape index (κ2) is 5.35. The van der Waals surface area contributed by atoms with Crippen molar-refractivity contribution in [2.75, 3.05) is 7.11 Å². The summed E-state index contributed by atoms with van der Waals surface area (Å²) in [7, 11) is 1.37. The van der Waals surface area contributed by atoms with E-state index < -0.39 is 24.5 Å². The maximum atomic E-state index is 13.5. The molecule has 1 atom stereocenters. The molecule has 0 spiro atoms. The molecule has 6 heteroatoms. The topological polar surface area (TPSA) is 35.2 Å². The summed E-state index contributed by atoms with van der Waals surface area (Å²) in [5.74, 6) is -0.353. The predicted octanol–water partition coefficient (Wildman–Crippen LogP) is 3.18. The Hall–Kier alpha value is -1.30. The van der Waals surface area contributed by atoms with Gasteiger partial charge < -0.3 is 10.5 Å². The molecule has 0 heterocycles. The number of methoxy groups -OCH3 is 1. The summed E-state index contributed by atoms with van der Waals surface area (Å²) >= 11 is 0. The van der Waals surface area contributed by atoms with Crippen molar-refractivity contribution in [3.63, 3.8) is 0 Å². The summed E-state index contributed by atoms with van der Waals surface area (Å²) in [6.07, 6.45) is -5.65. The van der Waals surface area contributed by atoms with Crippen molar-refractivity contribution in [2.45, 2.75) is 25.1 Å². The number of halogens is 4. The molecule has 0 aliphatic heterocycles. The minimum atomic E-state index is -4.28. The van der Waals surface area contributed by atoms with E-state index in [-0.39, 0.29) is 12.0 Å². The van der Waals surface area contributed by atoms with Gasteiger partial charge in [-0.2, -0.15) is 13.2 Å². The van der Waals surface area contributed by atoms with E-state index in [1.165, 1.54) is 19.2 Å². The molecule has 0 aliphatic carbocycles. The summed E-state index contributed by atoms with van der Waals surface area (Å²) in [6, 6.07) is 2.94. The van der Waals surface area contributed by atoms with E-state index in [4.69, 9.17) is 10.5 Å². The van der Waals surface area contributed by atoms with Gasteiger partial charge in [0.15, 0.2) is 0 Å². The lowest BCUT2D eigenvalue weighted by Crippen LogP contribution is -2.16. The van der Waals surface area contributed by atoms with Gasteiger partial charge in [-0.15, -0.1) is 0 Å². The van der Waals surface area contributed by atoms with Gasteiger partial charge in [0, 0.05) is 24.1 Å². The molecule has 0 unspecified atom stereocenters. The first-order valence-corrected chi connectivity index (χ1v) is 4.99. The zero-order valence-corrected chi connectivity index (χ0v) is 9.22. The Labute approximate surface area is 96.4 Å². The Morgan fingerprint density at radius 2 is 2.00 bits per heavy atom.